The second-order valence-electron chi connectivity index (χ2n) is 3.00. The number of anilines is 1. The van der Waals surface area contributed by atoms with Crippen molar-refractivity contribution in [2.24, 2.45) is 0 Å². The Morgan fingerprint density at radius 3 is 2.79 bits per heavy atom. The molecule has 0 radical (unpaired) electrons. The number of Topliss-reactive ketones (excluding diaryl/α,β-unsaturated/α-hetero) is 1. The van der Waals surface area contributed by atoms with Gasteiger partial charge in [0.2, 0.25) is 0 Å². The highest BCUT2D eigenvalue weighted by Gasteiger charge is 2.06. The number of halogens is 2. The van der Waals surface area contributed by atoms with Gasteiger partial charge in [-0.1, -0.05) is 6.07 Å². The van der Waals surface area contributed by atoms with Gasteiger partial charge < -0.3 is 5.73 Å². The number of carbonyl (C=O) groups excluding carboxylic acids is 1. The van der Waals surface area contributed by atoms with Crippen molar-refractivity contribution in [1.29, 1.82) is 0 Å². The summed E-state index contributed by atoms with van der Waals surface area (Å²) in [5.74, 6) is -0.0747. The summed E-state index contributed by atoms with van der Waals surface area (Å²) in [7, 11) is 0. The Morgan fingerprint density at radius 2 is 2.21 bits per heavy atom. The third kappa shape index (κ3) is 3.00. The molecule has 0 bridgehead atoms. The van der Waals surface area contributed by atoms with Crippen LogP contribution in [-0.2, 0) is 11.2 Å². The summed E-state index contributed by atoms with van der Waals surface area (Å²) >= 11 is 5.42. The van der Waals surface area contributed by atoms with E-state index in [-0.39, 0.29) is 12.2 Å². The molecule has 0 aliphatic carbocycles. The fourth-order valence-electron chi connectivity index (χ4n) is 1.13. The first-order valence-electron chi connectivity index (χ1n) is 4.25. The van der Waals surface area contributed by atoms with E-state index < -0.39 is 5.82 Å². The predicted octanol–water partition coefficient (Wildman–Crippen LogP) is 2.15. The molecule has 0 heterocycles. The zero-order valence-corrected chi connectivity index (χ0v) is 8.35. The summed E-state index contributed by atoms with van der Waals surface area (Å²) in [5.41, 5.74) is 6.51. The van der Waals surface area contributed by atoms with E-state index in [9.17, 15) is 9.18 Å². The highest BCUT2D eigenvalue weighted by Crippen LogP contribution is 2.14. The van der Waals surface area contributed by atoms with Crippen LogP contribution in [0.2, 0.25) is 0 Å². The summed E-state index contributed by atoms with van der Waals surface area (Å²) in [6.07, 6.45) is 0.539. The topological polar surface area (TPSA) is 43.1 Å². The number of rotatable bonds is 4. The van der Waals surface area contributed by atoms with E-state index in [1.54, 1.807) is 0 Å². The molecule has 1 aromatic rings. The predicted molar refractivity (Wildman–Crippen MR) is 54.9 cm³/mol. The number of carbonyl (C=O) groups is 1. The number of nitrogen functional groups attached to an aromatic ring is 1. The zero-order valence-electron chi connectivity index (χ0n) is 7.59. The van der Waals surface area contributed by atoms with E-state index in [1.165, 1.54) is 18.2 Å². The first-order chi connectivity index (χ1) is 6.63. The SMILES string of the molecule is Nc1cc(F)ccc1CC(=O)CCCl. The maximum Gasteiger partial charge on any atom is 0.138 e. The summed E-state index contributed by atoms with van der Waals surface area (Å²) in [4.78, 5) is 11.2. The molecule has 0 aromatic heterocycles. The van der Waals surface area contributed by atoms with Crippen LogP contribution in [0, 0.1) is 5.82 Å². The molecule has 0 saturated carbocycles. The van der Waals surface area contributed by atoms with Crippen molar-refractivity contribution in [1.82, 2.24) is 0 Å². The van der Waals surface area contributed by atoms with Crippen molar-refractivity contribution in [3.63, 3.8) is 0 Å². The number of benzene rings is 1. The van der Waals surface area contributed by atoms with Crippen LogP contribution in [0.3, 0.4) is 0 Å². The summed E-state index contributed by atoms with van der Waals surface area (Å²) in [5, 5.41) is 0. The molecule has 2 nitrogen and oxygen atoms in total. The minimum atomic E-state index is -0.393. The van der Waals surface area contributed by atoms with Gasteiger partial charge in [-0.05, 0) is 17.7 Å². The van der Waals surface area contributed by atoms with Gasteiger partial charge in [-0.3, -0.25) is 4.79 Å². The second kappa shape index (κ2) is 4.96. The van der Waals surface area contributed by atoms with Gasteiger partial charge in [0, 0.05) is 24.4 Å². The molecular weight excluding hydrogens is 205 g/mol. The van der Waals surface area contributed by atoms with Crippen LogP contribution in [0.1, 0.15) is 12.0 Å². The van der Waals surface area contributed by atoms with Crippen molar-refractivity contribution >= 4 is 23.1 Å². The summed E-state index contributed by atoms with van der Waals surface area (Å²) < 4.78 is 12.6. The maximum absolute atomic E-state index is 12.6. The molecule has 2 N–H and O–H groups in total. The number of hydrogen-bond acceptors (Lipinski definition) is 2. The number of alkyl halides is 1. The Hall–Kier alpha value is -1.09. The fraction of sp³-hybridized carbons (Fsp3) is 0.300. The van der Waals surface area contributed by atoms with Gasteiger partial charge in [0.25, 0.3) is 0 Å². The lowest BCUT2D eigenvalue weighted by Crippen LogP contribution is -2.05. The highest BCUT2D eigenvalue weighted by molar-refractivity contribution is 6.19. The average molecular weight is 216 g/mol. The van der Waals surface area contributed by atoms with Crippen molar-refractivity contribution < 1.29 is 9.18 Å². The highest BCUT2D eigenvalue weighted by atomic mass is 35.5. The largest absolute Gasteiger partial charge is 0.398 e. The second-order valence-corrected chi connectivity index (χ2v) is 3.38. The van der Waals surface area contributed by atoms with Crippen molar-refractivity contribution in [3.8, 4) is 0 Å². The van der Waals surface area contributed by atoms with Crippen LogP contribution in [0.15, 0.2) is 18.2 Å². The third-order valence-electron chi connectivity index (χ3n) is 1.87. The van der Waals surface area contributed by atoms with Crippen LogP contribution in [-0.4, -0.2) is 11.7 Å². The van der Waals surface area contributed by atoms with Crippen LogP contribution in [0.4, 0.5) is 10.1 Å². The third-order valence-corrected chi connectivity index (χ3v) is 2.06. The molecule has 0 amide bonds. The van der Waals surface area contributed by atoms with Gasteiger partial charge in [-0.2, -0.15) is 0 Å². The molecular formula is C10H11ClFNO. The summed E-state index contributed by atoms with van der Waals surface area (Å²) in [6, 6.07) is 4.03. The molecule has 0 aliphatic rings. The Bertz CT molecular complexity index is 341. The van der Waals surface area contributed by atoms with Gasteiger partial charge in [0.05, 0.1) is 0 Å². The van der Waals surface area contributed by atoms with E-state index in [0.717, 1.165) is 0 Å². The van der Waals surface area contributed by atoms with E-state index >= 15 is 0 Å². The smallest absolute Gasteiger partial charge is 0.138 e. The van der Waals surface area contributed by atoms with Crippen LogP contribution in [0.25, 0.3) is 0 Å². The lowest BCUT2D eigenvalue weighted by atomic mass is 10.1. The molecule has 0 saturated heterocycles. The molecule has 1 rings (SSSR count). The van der Waals surface area contributed by atoms with E-state index in [1.807, 2.05) is 0 Å². The molecule has 4 heteroatoms. The first kappa shape index (κ1) is 11.0. The monoisotopic (exact) mass is 215 g/mol. The molecule has 0 fully saturated rings. The fourth-order valence-corrected chi connectivity index (χ4v) is 1.34. The van der Waals surface area contributed by atoms with Gasteiger partial charge >= 0.3 is 0 Å². The van der Waals surface area contributed by atoms with Gasteiger partial charge in [0.1, 0.15) is 11.6 Å². The molecule has 0 atom stereocenters. The lowest BCUT2D eigenvalue weighted by Gasteiger charge is -2.03. The van der Waals surface area contributed by atoms with Crippen LogP contribution >= 0.6 is 11.6 Å². The summed E-state index contributed by atoms with van der Waals surface area (Å²) in [6.45, 7) is 0. The average Bonchev–Trinajstić information content (AvgIpc) is 2.10. The van der Waals surface area contributed by atoms with Crippen molar-refractivity contribution in [3.05, 3.63) is 29.6 Å². The van der Waals surface area contributed by atoms with Crippen LogP contribution in [0.5, 0.6) is 0 Å². The Morgan fingerprint density at radius 1 is 1.50 bits per heavy atom. The molecule has 0 spiro atoms. The number of hydrogen-bond donors (Lipinski definition) is 1. The molecule has 76 valence electrons. The van der Waals surface area contributed by atoms with Crippen molar-refractivity contribution in [2.75, 3.05) is 11.6 Å². The Kier molecular flexibility index (Phi) is 3.89. The van der Waals surface area contributed by atoms with E-state index in [4.69, 9.17) is 17.3 Å². The van der Waals surface area contributed by atoms with Gasteiger partial charge in [-0.25, -0.2) is 4.39 Å². The molecule has 0 aliphatic heterocycles. The van der Waals surface area contributed by atoms with Gasteiger partial charge in [-0.15, -0.1) is 11.6 Å². The Balaban J connectivity index is 2.72. The number of ketones is 1. The number of nitrogens with two attached hydrogens (primary N) is 1. The maximum atomic E-state index is 12.6. The zero-order chi connectivity index (χ0) is 10.6. The Labute approximate surface area is 86.9 Å². The molecule has 0 unspecified atom stereocenters. The van der Waals surface area contributed by atoms with E-state index in [2.05, 4.69) is 0 Å². The van der Waals surface area contributed by atoms with Crippen LogP contribution < -0.4 is 5.73 Å². The minimum Gasteiger partial charge on any atom is -0.398 e. The normalized spacial score (nSPS) is 10.1. The molecule has 14 heavy (non-hydrogen) atoms. The standard InChI is InChI=1S/C10H11ClFNO/c11-4-3-9(14)5-7-1-2-8(12)6-10(7)13/h1-2,6H,3-5,13H2. The van der Waals surface area contributed by atoms with Gasteiger partial charge in [0.15, 0.2) is 0 Å². The lowest BCUT2D eigenvalue weighted by molar-refractivity contribution is -0.118. The molecule has 1 aromatic carbocycles. The quantitative estimate of drug-likeness (QED) is 0.618. The van der Waals surface area contributed by atoms with Crippen molar-refractivity contribution in [2.45, 2.75) is 12.8 Å². The first-order valence-corrected chi connectivity index (χ1v) is 4.78. The minimum absolute atomic E-state index is 0.0123. The van der Waals surface area contributed by atoms with E-state index in [0.29, 0.717) is 23.6 Å².